The van der Waals surface area contributed by atoms with Crippen molar-refractivity contribution < 1.29 is 8.42 Å². The highest BCUT2D eigenvalue weighted by Crippen LogP contribution is 2.23. The zero-order valence-electron chi connectivity index (χ0n) is 13.1. The SMILES string of the molecule is CC(C)[C@@H](NS(=O)(=O)c1cnn(C)c1)c1nnc2ccccn12. The Morgan fingerprint density at radius 1 is 1.22 bits per heavy atom. The second-order valence-electron chi connectivity index (χ2n) is 5.68. The molecule has 3 aromatic rings. The van der Waals surface area contributed by atoms with Crippen molar-refractivity contribution in [2.45, 2.75) is 24.8 Å². The molecule has 0 aliphatic heterocycles. The predicted molar refractivity (Wildman–Crippen MR) is 84.1 cm³/mol. The second kappa shape index (κ2) is 5.74. The Morgan fingerprint density at radius 3 is 2.65 bits per heavy atom. The van der Waals surface area contributed by atoms with Crippen molar-refractivity contribution >= 4 is 15.7 Å². The number of nitrogens with zero attached hydrogens (tertiary/aromatic N) is 5. The molecule has 0 unspecified atom stereocenters. The van der Waals surface area contributed by atoms with Crippen LogP contribution >= 0.6 is 0 Å². The van der Waals surface area contributed by atoms with Crippen LogP contribution in [0.4, 0.5) is 0 Å². The fourth-order valence-corrected chi connectivity index (χ4v) is 3.66. The highest BCUT2D eigenvalue weighted by atomic mass is 32.2. The maximum atomic E-state index is 12.6. The summed E-state index contributed by atoms with van der Waals surface area (Å²) in [5, 5.41) is 12.2. The fourth-order valence-electron chi connectivity index (χ4n) is 2.33. The first-order valence-electron chi connectivity index (χ1n) is 7.19. The predicted octanol–water partition coefficient (Wildman–Crippen LogP) is 1.14. The molecule has 3 heterocycles. The fraction of sp³-hybridized carbons (Fsp3) is 0.357. The van der Waals surface area contributed by atoms with Crippen molar-refractivity contribution in [2.24, 2.45) is 13.0 Å². The van der Waals surface area contributed by atoms with E-state index in [9.17, 15) is 8.42 Å². The molecule has 0 saturated heterocycles. The quantitative estimate of drug-likeness (QED) is 0.755. The van der Waals surface area contributed by atoms with Crippen LogP contribution in [0.1, 0.15) is 25.7 Å². The lowest BCUT2D eigenvalue weighted by Crippen LogP contribution is -2.33. The topological polar surface area (TPSA) is 94.2 Å². The van der Waals surface area contributed by atoms with E-state index in [2.05, 4.69) is 20.0 Å². The zero-order valence-corrected chi connectivity index (χ0v) is 13.9. The third kappa shape index (κ3) is 2.97. The molecule has 23 heavy (non-hydrogen) atoms. The van der Waals surface area contributed by atoms with E-state index >= 15 is 0 Å². The number of aromatic nitrogens is 5. The van der Waals surface area contributed by atoms with Gasteiger partial charge in [-0.25, -0.2) is 13.1 Å². The summed E-state index contributed by atoms with van der Waals surface area (Å²) in [5.41, 5.74) is 0.675. The van der Waals surface area contributed by atoms with Crippen molar-refractivity contribution in [1.82, 2.24) is 29.1 Å². The van der Waals surface area contributed by atoms with Gasteiger partial charge in [0, 0.05) is 19.4 Å². The lowest BCUT2D eigenvalue weighted by Gasteiger charge is -2.20. The molecule has 0 amide bonds. The Bertz CT molecular complexity index is 928. The van der Waals surface area contributed by atoms with Gasteiger partial charge in [-0.05, 0) is 18.1 Å². The van der Waals surface area contributed by atoms with Crippen LogP contribution in [0, 0.1) is 5.92 Å². The number of pyridine rings is 1. The van der Waals surface area contributed by atoms with Crippen LogP contribution in [-0.2, 0) is 17.1 Å². The Hall–Kier alpha value is -2.26. The Kier molecular flexibility index (Phi) is 3.90. The molecule has 8 nitrogen and oxygen atoms in total. The van der Waals surface area contributed by atoms with Gasteiger partial charge < -0.3 is 0 Å². The molecule has 0 aliphatic carbocycles. The van der Waals surface area contributed by atoms with E-state index in [4.69, 9.17) is 0 Å². The summed E-state index contributed by atoms with van der Waals surface area (Å²) in [6.07, 6.45) is 4.60. The molecule has 122 valence electrons. The molecule has 1 N–H and O–H groups in total. The number of nitrogens with one attached hydrogen (secondary N) is 1. The van der Waals surface area contributed by atoms with Crippen molar-refractivity contribution in [2.75, 3.05) is 0 Å². The second-order valence-corrected chi connectivity index (χ2v) is 7.39. The highest BCUT2D eigenvalue weighted by molar-refractivity contribution is 7.89. The number of hydrogen-bond donors (Lipinski definition) is 1. The van der Waals surface area contributed by atoms with E-state index in [-0.39, 0.29) is 10.8 Å². The number of sulfonamides is 1. The minimum Gasteiger partial charge on any atom is -0.285 e. The molecule has 0 aliphatic rings. The van der Waals surface area contributed by atoms with Gasteiger partial charge in [0.05, 0.1) is 12.2 Å². The van der Waals surface area contributed by atoms with Gasteiger partial charge in [0.15, 0.2) is 11.5 Å². The third-order valence-electron chi connectivity index (χ3n) is 3.56. The minimum atomic E-state index is -3.69. The molecule has 9 heteroatoms. The van der Waals surface area contributed by atoms with E-state index in [0.29, 0.717) is 11.5 Å². The van der Waals surface area contributed by atoms with Gasteiger partial charge in [-0.2, -0.15) is 5.10 Å². The van der Waals surface area contributed by atoms with E-state index in [1.54, 1.807) is 11.4 Å². The van der Waals surface area contributed by atoms with Gasteiger partial charge in [-0.3, -0.25) is 9.08 Å². The molecule has 0 bridgehead atoms. The number of aryl methyl sites for hydroxylation is 1. The van der Waals surface area contributed by atoms with Crippen LogP contribution < -0.4 is 4.72 Å². The Morgan fingerprint density at radius 2 is 2.00 bits per heavy atom. The van der Waals surface area contributed by atoms with E-state index in [1.165, 1.54) is 17.1 Å². The normalized spacial score (nSPS) is 13.7. The average Bonchev–Trinajstić information content (AvgIpc) is 3.11. The third-order valence-corrected chi connectivity index (χ3v) is 4.95. The van der Waals surface area contributed by atoms with E-state index in [1.807, 2.05) is 38.2 Å². The molecule has 0 aromatic carbocycles. The minimum absolute atomic E-state index is 0.00551. The van der Waals surface area contributed by atoms with Crippen molar-refractivity contribution in [3.8, 4) is 0 Å². The van der Waals surface area contributed by atoms with Crippen molar-refractivity contribution in [3.05, 3.63) is 42.6 Å². The maximum absolute atomic E-state index is 12.6. The largest absolute Gasteiger partial charge is 0.285 e. The van der Waals surface area contributed by atoms with Crippen LogP contribution in [0.15, 0.2) is 41.7 Å². The molecule has 0 spiro atoms. The molecule has 0 radical (unpaired) electrons. The number of hydrogen-bond acceptors (Lipinski definition) is 5. The van der Waals surface area contributed by atoms with Gasteiger partial charge in [0.1, 0.15) is 4.90 Å². The zero-order chi connectivity index (χ0) is 16.6. The van der Waals surface area contributed by atoms with Gasteiger partial charge in [0.25, 0.3) is 0 Å². The summed E-state index contributed by atoms with van der Waals surface area (Å²) in [4.78, 5) is 0.125. The van der Waals surface area contributed by atoms with Crippen LogP contribution in [0.2, 0.25) is 0 Å². The molecule has 0 fully saturated rings. The maximum Gasteiger partial charge on any atom is 0.244 e. The van der Waals surface area contributed by atoms with Gasteiger partial charge in [-0.15, -0.1) is 10.2 Å². The molecular weight excluding hydrogens is 316 g/mol. The summed E-state index contributed by atoms with van der Waals surface area (Å²) in [7, 11) is -2.02. The highest BCUT2D eigenvalue weighted by Gasteiger charge is 2.28. The lowest BCUT2D eigenvalue weighted by atomic mass is 10.1. The number of fused-ring (bicyclic) bond motifs is 1. The molecular formula is C14H18N6O2S. The monoisotopic (exact) mass is 334 g/mol. The summed E-state index contributed by atoms with van der Waals surface area (Å²) in [6, 6.07) is 5.03. The smallest absolute Gasteiger partial charge is 0.244 e. The average molecular weight is 334 g/mol. The van der Waals surface area contributed by atoms with Crippen LogP contribution in [-0.4, -0.2) is 32.8 Å². The van der Waals surface area contributed by atoms with E-state index < -0.39 is 16.1 Å². The standard InChI is InChI=1S/C14H18N6O2S/c1-10(2)13(14-17-16-12-6-4-5-7-20(12)14)18-23(21,22)11-8-15-19(3)9-11/h4-10,13,18H,1-3H3/t13-/m1/s1. The van der Waals surface area contributed by atoms with Crippen molar-refractivity contribution in [3.63, 3.8) is 0 Å². The first-order valence-corrected chi connectivity index (χ1v) is 8.67. The van der Waals surface area contributed by atoms with Gasteiger partial charge >= 0.3 is 0 Å². The first-order chi connectivity index (χ1) is 10.9. The van der Waals surface area contributed by atoms with Crippen LogP contribution in [0.5, 0.6) is 0 Å². The lowest BCUT2D eigenvalue weighted by molar-refractivity contribution is 0.441. The summed E-state index contributed by atoms with van der Waals surface area (Å²) >= 11 is 0. The molecule has 0 saturated carbocycles. The van der Waals surface area contributed by atoms with Gasteiger partial charge in [-0.1, -0.05) is 19.9 Å². The molecule has 1 atom stereocenters. The van der Waals surface area contributed by atoms with Crippen molar-refractivity contribution in [1.29, 1.82) is 0 Å². The molecule has 3 rings (SSSR count). The Labute approximate surface area is 134 Å². The van der Waals surface area contributed by atoms with E-state index in [0.717, 1.165) is 0 Å². The summed E-state index contributed by atoms with van der Waals surface area (Å²) < 4.78 is 31.1. The summed E-state index contributed by atoms with van der Waals surface area (Å²) in [6.45, 7) is 3.86. The Balaban J connectivity index is 2.00. The van der Waals surface area contributed by atoms with Crippen LogP contribution in [0.3, 0.4) is 0 Å². The van der Waals surface area contributed by atoms with Crippen LogP contribution in [0.25, 0.3) is 5.65 Å². The molecule has 3 aromatic heterocycles. The number of rotatable bonds is 5. The summed E-state index contributed by atoms with van der Waals surface area (Å²) in [5.74, 6) is 0.553. The first kappa shape index (κ1) is 15.6. The van der Waals surface area contributed by atoms with Gasteiger partial charge in [0.2, 0.25) is 10.0 Å².